The first kappa shape index (κ1) is 22.7. The molecule has 0 heterocycles. The van der Waals surface area contributed by atoms with Crippen LogP contribution in [-0.2, 0) is 19.6 Å². The summed E-state index contributed by atoms with van der Waals surface area (Å²) in [5.74, 6) is 1.17. The van der Waals surface area contributed by atoms with Crippen molar-refractivity contribution in [2.45, 2.75) is 38.8 Å². The van der Waals surface area contributed by atoms with Crippen molar-refractivity contribution in [1.29, 1.82) is 0 Å². The van der Waals surface area contributed by atoms with Crippen LogP contribution in [0.15, 0.2) is 78.9 Å². The maximum Gasteiger partial charge on any atom is 0.401 e. The molecule has 3 aromatic rings. The Balaban J connectivity index is 1.70. The molecule has 0 aromatic heterocycles. The molecule has 0 spiro atoms. The summed E-state index contributed by atoms with van der Waals surface area (Å²) in [4.78, 5) is 0. The molecule has 3 rings (SSSR count). The van der Waals surface area contributed by atoms with Crippen LogP contribution >= 0.6 is 0 Å². The van der Waals surface area contributed by atoms with Gasteiger partial charge in [-0.05, 0) is 42.2 Å². The average Bonchev–Trinajstić information content (AvgIpc) is 2.76. The summed E-state index contributed by atoms with van der Waals surface area (Å²) in [5.41, 5.74) is 2.92. The molecule has 0 aliphatic carbocycles. The van der Waals surface area contributed by atoms with Crippen LogP contribution in [0.5, 0.6) is 11.5 Å². The highest BCUT2D eigenvalue weighted by Gasteiger charge is 2.27. The van der Waals surface area contributed by atoms with Crippen LogP contribution in [-0.4, -0.2) is 18.8 Å². The second-order valence-corrected chi connectivity index (χ2v) is 7.43. The second-order valence-electron chi connectivity index (χ2n) is 7.43. The summed E-state index contributed by atoms with van der Waals surface area (Å²) < 4.78 is 49.4. The second kappa shape index (κ2) is 10.9. The maximum absolute atomic E-state index is 12.5. The first-order valence-electron chi connectivity index (χ1n) is 10.2. The highest BCUT2D eigenvalue weighted by molar-refractivity contribution is 5.43. The third-order valence-electron chi connectivity index (χ3n) is 4.68. The highest BCUT2D eigenvalue weighted by atomic mass is 19.4. The maximum atomic E-state index is 12.5. The number of hydrogen-bond acceptors (Lipinski definition) is 3. The number of hydrogen-bond donors (Lipinski definition) is 1. The van der Waals surface area contributed by atoms with Crippen molar-refractivity contribution in [1.82, 2.24) is 5.32 Å². The topological polar surface area (TPSA) is 30.5 Å². The first-order chi connectivity index (χ1) is 14.9. The SMILES string of the molecule is CC(Cc1ccc(OCc2ccccc2)c(OCc2ccccc2)c1)NCC(F)(F)F. The Hall–Kier alpha value is -2.99. The minimum Gasteiger partial charge on any atom is -0.485 e. The fourth-order valence-corrected chi connectivity index (χ4v) is 3.10. The molecule has 31 heavy (non-hydrogen) atoms. The van der Waals surface area contributed by atoms with E-state index in [1.165, 1.54) is 0 Å². The predicted octanol–water partition coefficient (Wildman–Crippen LogP) is 5.93. The van der Waals surface area contributed by atoms with Gasteiger partial charge in [0.15, 0.2) is 11.5 Å². The summed E-state index contributed by atoms with van der Waals surface area (Å²) in [6.07, 6.45) is -3.79. The quantitative estimate of drug-likeness (QED) is 0.433. The standard InChI is InChI=1S/C25H26F3NO2/c1-19(29-18-25(26,27)28)14-22-12-13-23(30-16-20-8-4-2-5-9-20)24(15-22)31-17-21-10-6-3-7-11-21/h2-13,15,19,29H,14,16-18H2,1H3. The third kappa shape index (κ3) is 7.98. The molecule has 6 heteroatoms. The van der Waals surface area contributed by atoms with E-state index in [4.69, 9.17) is 9.47 Å². The van der Waals surface area contributed by atoms with Crippen molar-refractivity contribution in [2.24, 2.45) is 0 Å². The Morgan fingerprint density at radius 1 is 0.742 bits per heavy atom. The van der Waals surface area contributed by atoms with Crippen molar-refractivity contribution in [3.63, 3.8) is 0 Å². The van der Waals surface area contributed by atoms with Gasteiger partial charge < -0.3 is 14.8 Å². The Morgan fingerprint density at radius 2 is 1.29 bits per heavy atom. The summed E-state index contributed by atoms with van der Waals surface area (Å²) in [6.45, 7) is 1.49. The van der Waals surface area contributed by atoms with E-state index in [0.29, 0.717) is 31.1 Å². The van der Waals surface area contributed by atoms with Crippen molar-refractivity contribution in [3.8, 4) is 11.5 Å². The zero-order chi connectivity index (χ0) is 22.1. The lowest BCUT2D eigenvalue weighted by molar-refractivity contribution is -0.126. The minimum absolute atomic E-state index is 0.334. The lowest BCUT2D eigenvalue weighted by atomic mass is 10.1. The fourth-order valence-electron chi connectivity index (χ4n) is 3.10. The Morgan fingerprint density at radius 3 is 1.84 bits per heavy atom. The van der Waals surface area contributed by atoms with Gasteiger partial charge >= 0.3 is 6.18 Å². The molecular formula is C25H26F3NO2. The summed E-state index contributed by atoms with van der Waals surface area (Å²) in [7, 11) is 0. The van der Waals surface area contributed by atoms with Gasteiger partial charge in [-0.3, -0.25) is 0 Å². The van der Waals surface area contributed by atoms with Crippen molar-refractivity contribution >= 4 is 0 Å². The summed E-state index contributed by atoms with van der Waals surface area (Å²) in [6, 6.07) is 24.7. The molecular weight excluding hydrogens is 403 g/mol. The van der Waals surface area contributed by atoms with Crippen molar-refractivity contribution < 1.29 is 22.6 Å². The molecule has 0 saturated carbocycles. The van der Waals surface area contributed by atoms with Crippen molar-refractivity contribution in [2.75, 3.05) is 6.54 Å². The van der Waals surface area contributed by atoms with Crippen LogP contribution in [0.4, 0.5) is 13.2 Å². The molecule has 3 nitrogen and oxygen atoms in total. The van der Waals surface area contributed by atoms with Gasteiger partial charge in [0, 0.05) is 6.04 Å². The molecule has 0 aliphatic heterocycles. The van der Waals surface area contributed by atoms with Gasteiger partial charge in [-0.15, -0.1) is 0 Å². The van der Waals surface area contributed by atoms with Crippen LogP contribution in [0.3, 0.4) is 0 Å². The molecule has 0 amide bonds. The summed E-state index contributed by atoms with van der Waals surface area (Å²) >= 11 is 0. The number of nitrogens with one attached hydrogen (secondary N) is 1. The van der Waals surface area contributed by atoms with E-state index in [0.717, 1.165) is 16.7 Å². The Kier molecular flexibility index (Phi) is 7.95. The monoisotopic (exact) mass is 429 g/mol. The van der Waals surface area contributed by atoms with Crippen LogP contribution in [0, 0.1) is 0 Å². The largest absolute Gasteiger partial charge is 0.485 e. The van der Waals surface area contributed by atoms with E-state index in [1.807, 2.05) is 78.9 Å². The van der Waals surface area contributed by atoms with Gasteiger partial charge in [-0.2, -0.15) is 13.2 Å². The molecule has 0 saturated heterocycles. The zero-order valence-corrected chi connectivity index (χ0v) is 17.4. The number of alkyl halides is 3. The van der Waals surface area contributed by atoms with E-state index >= 15 is 0 Å². The van der Waals surface area contributed by atoms with Crippen LogP contribution in [0.1, 0.15) is 23.6 Å². The van der Waals surface area contributed by atoms with Gasteiger partial charge in [0.25, 0.3) is 0 Å². The predicted molar refractivity (Wildman–Crippen MR) is 115 cm³/mol. The van der Waals surface area contributed by atoms with Gasteiger partial charge in [-0.1, -0.05) is 66.7 Å². The molecule has 0 fully saturated rings. The molecule has 164 valence electrons. The average molecular weight is 429 g/mol. The minimum atomic E-state index is -4.23. The van der Waals surface area contributed by atoms with E-state index in [1.54, 1.807) is 6.92 Å². The van der Waals surface area contributed by atoms with E-state index in [-0.39, 0.29) is 6.04 Å². The molecule has 3 aromatic carbocycles. The summed E-state index contributed by atoms with van der Waals surface area (Å²) in [5, 5.41) is 2.51. The van der Waals surface area contributed by atoms with Crippen LogP contribution in [0.25, 0.3) is 0 Å². The number of rotatable bonds is 10. The lowest BCUT2D eigenvalue weighted by Crippen LogP contribution is -2.36. The van der Waals surface area contributed by atoms with Gasteiger partial charge in [0.05, 0.1) is 6.54 Å². The normalized spacial score (nSPS) is 12.4. The number of ether oxygens (including phenoxy) is 2. The zero-order valence-electron chi connectivity index (χ0n) is 17.4. The Bertz CT molecular complexity index is 931. The molecule has 1 atom stereocenters. The lowest BCUT2D eigenvalue weighted by Gasteiger charge is -2.18. The van der Waals surface area contributed by atoms with E-state index < -0.39 is 12.7 Å². The molecule has 1 N–H and O–H groups in total. The fraction of sp³-hybridized carbons (Fsp3) is 0.280. The van der Waals surface area contributed by atoms with E-state index in [2.05, 4.69) is 5.32 Å². The van der Waals surface area contributed by atoms with Gasteiger partial charge in [0.2, 0.25) is 0 Å². The van der Waals surface area contributed by atoms with Crippen molar-refractivity contribution in [3.05, 3.63) is 95.6 Å². The van der Waals surface area contributed by atoms with Crippen LogP contribution in [0.2, 0.25) is 0 Å². The van der Waals surface area contributed by atoms with Gasteiger partial charge in [0.1, 0.15) is 13.2 Å². The smallest absolute Gasteiger partial charge is 0.401 e. The Labute approximate surface area is 180 Å². The molecule has 0 radical (unpaired) electrons. The molecule has 0 aliphatic rings. The van der Waals surface area contributed by atoms with Crippen LogP contribution < -0.4 is 14.8 Å². The first-order valence-corrected chi connectivity index (χ1v) is 10.2. The highest BCUT2D eigenvalue weighted by Crippen LogP contribution is 2.30. The number of halogens is 3. The molecule has 0 bridgehead atoms. The molecule has 1 unspecified atom stereocenters. The van der Waals surface area contributed by atoms with Gasteiger partial charge in [-0.25, -0.2) is 0 Å². The third-order valence-corrected chi connectivity index (χ3v) is 4.68. The van der Waals surface area contributed by atoms with E-state index in [9.17, 15) is 13.2 Å². The number of benzene rings is 3.